The Hall–Kier alpha value is -1.71. The summed E-state index contributed by atoms with van der Waals surface area (Å²) >= 11 is 0. The van der Waals surface area contributed by atoms with E-state index in [1.807, 2.05) is 18.2 Å². The molecule has 90 valence electrons. The summed E-state index contributed by atoms with van der Waals surface area (Å²) in [4.78, 5) is 6.71. The summed E-state index contributed by atoms with van der Waals surface area (Å²) in [5.41, 5.74) is 1.68. The minimum atomic E-state index is 0.722. The van der Waals surface area contributed by atoms with E-state index < -0.39 is 0 Å². The summed E-state index contributed by atoms with van der Waals surface area (Å²) in [5.74, 6) is 1.52. The Labute approximate surface area is 100 Å². The number of ether oxygens (including phenoxy) is 1. The number of oxazole rings is 1. The average molecular weight is 232 g/mol. The first-order chi connectivity index (χ1) is 8.26. The number of hydrogen-bond acceptors (Lipinski definition) is 4. The molecule has 0 amide bonds. The van der Waals surface area contributed by atoms with Gasteiger partial charge in [0, 0.05) is 19.2 Å². The Bertz CT molecular complexity index is 535. The van der Waals surface area contributed by atoms with Crippen molar-refractivity contribution >= 4 is 17.1 Å². The molecule has 0 unspecified atom stereocenters. The van der Waals surface area contributed by atoms with Crippen LogP contribution in [0.15, 0.2) is 22.6 Å². The summed E-state index contributed by atoms with van der Waals surface area (Å²) < 4.78 is 11.0. The molecular weight excluding hydrogens is 216 g/mol. The van der Waals surface area contributed by atoms with Gasteiger partial charge in [-0.25, -0.2) is 0 Å². The van der Waals surface area contributed by atoms with E-state index in [0.717, 1.165) is 41.9 Å². The molecule has 1 aliphatic heterocycles. The lowest BCUT2D eigenvalue weighted by molar-refractivity contribution is 0.414. The monoisotopic (exact) mass is 232 g/mol. The van der Waals surface area contributed by atoms with E-state index in [9.17, 15) is 0 Å². The molecule has 0 aliphatic carbocycles. The lowest BCUT2D eigenvalue weighted by Gasteiger charge is -2.11. The van der Waals surface area contributed by atoms with E-state index in [2.05, 4.69) is 16.8 Å². The molecule has 0 bridgehead atoms. The van der Waals surface area contributed by atoms with Gasteiger partial charge in [-0.05, 0) is 24.5 Å². The molecule has 4 nitrogen and oxygen atoms in total. The fourth-order valence-corrected chi connectivity index (χ4v) is 2.26. The summed E-state index contributed by atoms with van der Waals surface area (Å²) in [5, 5.41) is 0. The van der Waals surface area contributed by atoms with E-state index >= 15 is 0 Å². The third-order valence-corrected chi connectivity index (χ3v) is 3.28. The predicted molar refractivity (Wildman–Crippen MR) is 66.6 cm³/mol. The van der Waals surface area contributed by atoms with Crippen LogP contribution in [0.25, 0.3) is 11.1 Å². The number of nitrogens with zero attached hydrogens (tertiary/aromatic N) is 2. The van der Waals surface area contributed by atoms with Gasteiger partial charge in [-0.15, -0.1) is 0 Å². The number of methoxy groups -OCH3 is 1. The van der Waals surface area contributed by atoms with Gasteiger partial charge in [0.25, 0.3) is 6.01 Å². The van der Waals surface area contributed by atoms with Crippen molar-refractivity contribution in [3.8, 4) is 5.75 Å². The van der Waals surface area contributed by atoms with Crippen LogP contribution in [-0.2, 0) is 0 Å². The highest BCUT2D eigenvalue weighted by Crippen LogP contribution is 2.28. The maximum absolute atomic E-state index is 5.78. The van der Waals surface area contributed by atoms with E-state index in [1.165, 1.54) is 6.42 Å². The van der Waals surface area contributed by atoms with Gasteiger partial charge < -0.3 is 14.1 Å². The zero-order valence-corrected chi connectivity index (χ0v) is 10.1. The Morgan fingerprint density at radius 2 is 2.35 bits per heavy atom. The number of fused-ring (bicyclic) bond motifs is 1. The second-order valence-corrected chi connectivity index (χ2v) is 4.67. The van der Waals surface area contributed by atoms with E-state index in [-0.39, 0.29) is 0 Å². The van der Waals surface area contributed by atoms with E-state index in [4.69, 9.17) is 9.15 Å². The Kier molecular flexibility index (Phi) is 2.42. The van der Waals surface area contributed by atoms with Crippen molar-refractivity contribution in [3.63, 3.8) is 0 Å². The molecule has 1 saturated heterocycles. The largest absolute Gasteiger partial charge is 0.497 e. The second kappa shape index (κ2) is 3.95. The highest BCUT2D eigenvalue weighted by Gasteiger charge is 2.22. The third kappa shape index (κ3) is 1.84. The number of anilines is 1. The molecule has 1 aromatic heterocycles. The molecule has 0 saturated carbocycles. The minimum Gasteiger partial charge on any atom is -0.497 e. The average Bonchev–Trinajstić information content (AvgIpc) is 2.93. The van der Waals surface area contributed by atoms with Crippen LogP contribution in [0, 0.1) is 5.92 Å². The molecule has 0 N–H and O–H groups in total. The van der Waals surface area contributed by atoms with Crippen LogP contribution in [-0.4, -0.2) is 25.2 Å². The van der Waals surface area contributed by atoms with Crippen LogP contribution in [0.3, 0.4) is 0 Å². The number of aromatic nitrogens is 1. The van der Waals surface area contributed by atoms with Crippen molar-refractivity contribution in [1.82, 2.24) is 4.98 Å². The lowest BCUT2D eigenvalue weighted by atomic mass is 10.2. The molecule has 3 rings (SSSR count). The first-order valence-corrected chi connectivity index (χ1v) is 5.96. The Morgan fingerprint density at radius 3 is 3.06 bits per heavy atom. The van der Waals surface area contributed by atoms with Crippen molar-refractivity contribution in [2.24, 2.45) is 5.92 Å². The molecule has 1 atom stereocenters. The first kappa shape index (κ1) is 10.4. The molecule has 0 spiro atoms. The Balaban J connectivity index is 1.96. The standard InChI is InChI=1S/C13H16N2O2/c1-9-5-6-15(8-9)13-14-11-4-3-10(16-2)7-12(11)17-13/h3-4,7,9H,5-6,8H2,1-2H3/t9-/m0/s1. The molecule has 2 heterocycles. The van der Waals surface area contributed by atoms with Gasteiger partial charge >= 0.3 is 0 Å². The minimum absolute atomic E-state index is 0.722. The molecule has 1 fully saturated rings. The predicted octanol–water partition coefficient (Wildman–Crippen LogP) is 2.68. The highest BCUT2D eigenvalue weighted by molar-refractivity contribution is 5.76. The zero-order chi connectivity index (χ0) is 11.8. The molecule has 1 aliphatic rings. The zero-order valence-electron chi connectivity index (χ0n) is 10.1. The van der Waals surface area contributed by atoms with Crippen LogP contribution in [0.1, 0.15) is 13.3 Å². The van der Waals surface area contributed by atoms with Crippen molar-refractivity contribution in [1.29, 1.82) is 0 Å². The number of hydrogen-bond donors (Lipinski definition) is 0. The van der Waals surface area contributed by atoms with Gasteiger partial charge in [-0.2, -0.15) is 4.98 Å². The van der Waals surface area contributed by atoms with Gasteiger partial charge in [-0.1, -0.05) is 6.92 Å². The molecule has 17 heavy (non-hydrogen) atoms. The van der Waals surface area contributed by atoms with Gasteiger partial charge in [0.15, 0.2) is 5.58 Å². The maximum Gasteiger partial charge on any atom is 0.298 e. The van der Waals surface area contributed by atoms with Gasteiger partial charge in [-0.3, -0.25) is 0 Å². The number of rotatable bonds is 2. The fourth-order valence-electron chi connectivity index (χ4n) is 2.26. The van der Waals surface area contributed by atoms with Gasteiger partial charge in [0.05, 0.1) is 7.11 Å². The van der Waals surface area contributed by atoms with Crippen LogP contribution in [0.5, 0.6) is 5.75 Å². The first-order valence-electron chi connectivity index (χ1n) is 5.96. The maximum atomic E-state index is 5.78. The summed E-state index contributed by atoms with van der Waals surface area (Å²) in [6.45, 7) is 4.32. The van der Waals surface area contributed by atoms with Crippen molar-refractivity contribution in [2.75, 3.05) is 25.1 Å². The Morgan fingerprint density at radius 1 is 1.47 bits per heavy atom. The summed E-state index contributed by atoms with van der Waals surface area (Å²) in [7, 11) is 1.65. The van der Waals surface area contributed by atoms with Crippen molar-refractivity contribution in [3.05, 3.63) is 18.2 Å². The fraction of sp³-hybridized carbons (Fsp3) is 0.462. The van der Waals surface area contributed by atoms with Crippen LogP contribution < -0.4 is 9.64 Å². The SMILES string of the molecule is COc1ccc2nc(N3CC[C@H](C)C3)oc2c1. The van der Waals surface area contributed by atoms with Crippen molar-refractivity contribution in [2.45, 2.75) is 13.3 Å². The highest BCUT2D eigenvalue weighted by atomic mass is 16.5. The molecule has 1 aromatic carbocycles. The molecule has 0 radical (unpaired) electrons. The normalized spacial score (nSPS) is 20.1. The van der Waals surface area contributed by atoms with Crippen molar-refractivity contribution < 1.29 is 9.15 Å². The lowest BCUT2D eigenvalue weighted by Crippen LogP contribution is -2.19. The van der Waals surface area contributed by atoms with Crippen LogP contribution in [0.4, 0.5) is 6.01 Å². The topological polar surface area (TPSA) is 38.5 Å². The summed E-state index contributed by atoms with van der Waals surface area (Å²) in [6, 6.07) is 6.45. The number of benzene rings is 1. The van der Waals surface area contributed by atoms with Gasteiger partial charge in [0.1, 0.15) is 11.3 Å². The van der Waals surface area contributed by atoms with E-state index in [1.54, 1.807) is 7.11 Å². The molecule has 2 aromatic rings. The summed E-state index contributed by atoms with van der Waals surface area (Å²) in [6.07, 6.45) is 1.21. The van der Waals surface area contributed by atoms with Crippen LogP contribution in [0.2, 0.25) is 0 Å². The van der Waals surface area contributed by atoms with Gasteiger partial charge in [0.2, 0.25) is 0 Å². The van der Waals surface area contributed by atoms with Crippen LogP contribution >= 0.6 is 0 Å². The molecule has 4 heteroatoms. The smallest absolute Gasteiger partial charge is 0.298 e. The van der Waals surface area contributed by atoms with E-state index in [0.29, 0.717) is 0 Å². The quantitative estimate of drug-likeness (QED) is 0.798. The molecular formula is C13H16N2O2. The second-order valence-electron chi connectivity index (χ2n) is 4.67. The third-order valence-electron chi connectivity index (χ3n) is 3.28.